The van der Waals surface area contributed by atoms with E-state index >= 15 is 0 Å². The quantitative estimate of drug-likeness (QED) is 0.332. The highest BCUT2D eigenvalue weighted by molar-refractivity contribution is 5.73. The number of carboxylic acids is 1. The van der Waals surface area contributed by atoms with Crippen LogP contribution in [-0.2, 0) is 27.4 Å². The summed E-state index contributed by atoms with van der Waals surface area (Å²) in [6.45, 7) is 1.46. The first kappa shape index (κ1) is 21.7. The molecule has 2 aromatic rings. The molecule has 0 radical (unpaired) electrons. The number of aromatic nitrogens is 1. The largest absolute Gasteiger partial charge is 0.480 e. The van der Waals surface area contributed by atoms with Crippen molar-refractivity contribution in [1.82, 2.24) is 10.6 Å². The highest BCUT2D eigenvalue weighted by atomic mass is 16.6. The topological polar surface area (TPSA) is 124 Å². The zero-order valence-corrected chi connectivity index (χ0v) is 16.6. The summed E-state index contributed by atoms with van der Waals surface area (Å²) in [5, 5.41) is 23.5. The maximum Gasteiger partial charge on any atom is 0.412 e. The molecule has 9 heteroatoms. The number of nitrogens with one attached hydrogen (secondary N) is 2. The van der Waals surface area contributed by atoms with E-state index in [0.717, 1.165) is 11.1 Å². The average molecular weight is 416 g/mol. The lowest BCUT2D eigenvalue weighted by molar-refractivity contribution is -0.727. The predicted molar refractivity (Wildman–Crippen MR) is 105 cm³/mol. The average Bonchev–Trinajstić information content (AvgIpc) is 3.50. The van der Waals surface area contributed by atoms with Crippen LogP contribution in [0, 0.1) is 0 Å². The van der Waals surface area contributed by atoms with E-state index in [4.69, 9.17) is 19.7 Å². The number of amides is 1. The second-order valence-corrected chi connectivity index (χ2v) is 7.16. The van der Waals surface area contributed by atoms with Crippen molar-refractivity contribution in [2.45, 2.75) is 44.5 Å². The van der Waals surface area contributed by atoms with Gasteiger partial charge in [0.15, 0.2) is 12.4 Å². The van der Waals surface area contributed by atoms with Crippen LogP contribution in [-0.4, -0.2) is 47.2 Å². The molecular formula is C21H26N3O6+. The lowest BCUT2D eigenvalue weighted by atomic mass is 10.1. The van der Waals surface area contributed by atoms with Gasteiger partial charge in [-0.3, -0.25) is 10.1 Å². The third kappa shape index (κ3) is 6.24. The zero-order chi connectivity index (χ0) is 21.5. The van der Waals surface area contributed by atoms with Gasteiger partial charge in [-0.05, 0) is 24.5 Å². The Balaban J connectivity index is 1.40. The molecule has 1 aliphatic rings. The Hall–Kier alpha value is -3.01. The van der Waals surface area contributed by atoms with Crippen LogP contribution in [0.1, 0.15) is 24.2 Å². The van der Waals surface area contributed by atoms with E-state index in [1.165, 1.54) is 0 Å². The highest BCUT2D eigenvalue weighted by Crippen LogP contribution is 2.36. The second kappa shape index (κ2) is 10.1. The summed E-state index contributed by atoms with van der Waals surface area (Å²) in [5.74, 6) is -1.13. The summed E-state index contributed by atoms with van der Waals surface area (Å²) in [6.07, 6.45) is 2.98. The first-order valence-corrected chi connectivity index (χ1v) is 9.67. The molecular weight excluding hydrogens is 390 g/mol. The Labute approximate surface area is 174 Å². The third-order valence-corrected chi connectivity index (χ3v) is 4.68. The van der Waals surface area contributed by atoms with Crippen molar-refractivity contribution in [2.75, 3.05) is 6.61 Å². The fourth-order valence-corrected chi connectivity index (χ4v) is 3.03. The van der Waals surface area contributed by atoms with Gasteiger partial charge in [0.2, 0.25) is 0 Å². The minimum absolute atomic E-state index is 0.0581. The second-order valence-electron chi connectivity index (χ2n) is 7.16. The number of carboxylic acid groups (broad SMARTS) is 1. The molecule has 2 unspecified atom stereocenters. The number of alkyl carbamates (subject to hydrolysis) is 1. The summed E-state index contributed by atoms with van der Waals surface area (Å²) >= 11 is 0. The Kier molecular flexibility index (Phi) is 7.34. The molecule has 1 amide bonds. The molecule has 0 bridgehead atoms. The Morgan fingerprint density at radius 1 is 1.20 bits per heavy atom. The molecule has 0 saturated carbocycles. The number of carbonyl (C=O) groups excluding carboxylic acids is 1. The standard InChI is InChI=1S/C21H25N3O6/c1-14(11-15-5-3-2-4-6-15)22-21(28)29-13-24-9-7-16(8-10-24)18-19(30-18)23-17(12-25)20(26)27/h2-10,14,17-19,23,25H,11-13H2,1H3,(H-,22,26,27,28)/p+1/t14-,17-,18?,19?/m0/s1. The molecule has 1 aromatic heterocycles. The van der Waals surface area contributed by atoms with Gasteiger partial charge < -0.3 is 25.0 Å². The van der Waals surface area contributed by atoms with Gasteiger partial charge in [0.25, 0.3) is 6.73 Å². The molecule has 3 rings (SSSR count). The molecule has 1 fully saturated rings. The van der Waals surface area contributed by atoms with Crippen LogP contribution in [0.5, 0.6) is 0 Å². The third-order valence-electron chi connectivity index (χ3n) is 4.68. The number of aliphatic hydroxyl groups excluding tert-OH is 1. The minimum atomic E-state index is -1.13. The molecule has 0 aliphatic carbocycles. The van der Waals surface area contributed by atoms with Gasteiger partial charge in [0.05, 0.1) is 6.61 Å². The molecule has 9 nitrogen and oxygen atoms in total. The van der Waals surface area contributed by atoms with E-state index in [-0.39, 0.29) is 18.9 Å². The number of hydrogen-bond donors (Lipinski definition) is 4. The van der Waals surface area contributed by atoms with Crippen LogP contribution in [0.25, 0.3) is 0 Å². The predicted octanol–water partition coefficient (Wildman–Crippen LogP) is 0.722. The monoisotopic (exact) mass is 416 g/mol. The summed E-state index contributed by atoms with van der Waals surface area (Å²) in [5.41, 5.74) is 1.99. The van der Waals surface area contributed by atoms with E-state index < -0.39 is 30.9 Å². The lowest BCUT2D eigenvalue weighted by Crippen LogP contribution is -2.41. The van der Waals surface area contributed by atoms with Crippen molar-refractivity contribution in [3.8, 4) is 0 Å². The lowest BCUT2D eigenvalue weighted by Gasteiger charge is -2.13. The van der Waals surface area contributed by atoms with E-state index in [9.17, 15) is 9.59 Å². The van der Waals surface area contributed by atoms with Gasteiger partial charge in [0.1, 0.15) is 18.4 Å². The number of benzene rings is 1. The normalized spacial score (nSPS) is 19.5. The first-order valence-electron chi connectivity index (χ1n) is 9.67. The van der Waals surface area contributed by atoms with Crippen LogP contribution in [0.15, 0.2) is 54.9 Å². The minimum Gasteiger partial charge on any atom is -0.480 e. The van der Waals surface area contributed by atoms with Crippen LogP contribution < -0.4 is 15.2 Å². The first-order chi connectivity index (χ1) is 14.5. The van der Waals surface area contributed by atoms with Crippen molar-refractivity contribution in [1.29, 1.82) is 0 Å². The zero-order valence-electron chi connectivity index (χ0n) is 16.6. The van der Waals surface area contributed by atoms with Crippen LogP contribution in [0.4, 0.5) is 4.79 Å². The van der Waals surface area contributed by atoms with E-state index in [2.05, 4.69) is 10.6 Å². The Morgan fingerprint density at radius 3 is 2.53 bits per heavy atom. The van der Waals surface area contributed by atoms with Crippen molar-refractivity contribution in [3.05, 3.63) is 66.0 Å². The van der Waals surface area contributed by atoms with Crippen molar-refractivity contribution >= 4 is 12.1 Å². The molecule has 0 spiro atoms. The van der Waals surface area contributed by atoms with Crippen LogP contribution in [0.2, 0.25) is 0 Å². The van der Waals surface area contributed by atoms with Crippen LogP contribution >= 0.6 is 0 Å². The number of ether oxygens (including phenoxy) is 2. The number of aliphatic hydroxyl groups is 1. The molecule has 4 N–H and O–H groups in total. The smallest absolute Gasteiger partial charge is 0.412 e. The van der Waals surface area contributed by atoms with Gasteiger partial charge in [-0.1, -0.05) is 30.3 Å². The van der Waals surface area contributed by atoms with Crippen molar-refractivity contribution in [2.24, 2.45) is 0 Å². The van der Waals surface area contributed by atoms with E-state index in [1.807, 2.05) is 37.3 Å². The number of aliphatic carboxylic acids is 1. The summed E-state index contributed by atoms with van der Waals surface area (Å²) in [7, 11) is 0. The molecule has 1 saturated heterocycles. The van der Waals surface area contributed by atoms with Gasteiger partial charge in [-0.15, -0.1) is 0 Å². The summed E-state index contributed by atoms with van der Waals surface area (Å²) in [4.78, 5) is 22.9. The summed E-state index contributed by atoms with van der Waals surface area (Å²) in [6, 6.07) is 12.4. The maximum absolute atomic E-state index is 12.0. The molecule has 30 heavy (non-hydrogen) atoms. The number of pyridine rings is 1. The van der Waals surface area contributed by atoms with Gasteiger partial charge >= 0.3 is 12.1 Å². The number of rotatable bonds is 10. The molecule has 160 valence electrons. The highest BCUT2D eigenvalue weighted by Gasteiger charge is 2.42. The number of carbonyl (C=O) groups is 2. The van der Waals surface area contributed by atoms with Gasteiger partial charge in [0, 0.05) is 18.2 Å². The van der Waals surface area contributed by atoms with Crippen LogP contribution in [0.3, 0.4) is 0 Å². The summed E-state index contributed by atoms with van der Waals surface area (Å²) < 4.78 is 12.4. The fourth-order valence-electron chi connectivity index (χ4n) is 3.03. The fraction of sp³-hybridized carbons (Fsp3) is 0.381. The van der Waals surface area contributed by atoms with Crippen molar-refractivity contribution < 1.29 is 33.8 Å². The van der Waals surface area contributed by atoms with E-state index in [1.54, 1.807) is 29.1 Å². The van der Waals surface area contributed by atoms with Gasteiger partial charge in [-0.2, -0.15) is 4.57 Å². The SMILES string of the molecule is C[C@@H](Cc1ccccc1)NC(=O)OC[n+]1ccc(C2OC2N[C@@H](CO)C(=O)O)cc1. The molecule has 1 aromatic carbocycles. The number of epoxide rings is 1. The number of nitrogens with zero attached hydrogens (tertiary/aromatic N) is 1. The molecule has 1 aliphatic heterocycles. The molecule has 4 atom stereocenters. The molecule has 2 heterocycles. The maximum atomic E-state index is 12.0. The number of hydrogen-bond acceptors (Lipinski definition) is 6. The Morgan fingerprint density at radius 2 is 1.90 bits per heavy atom. The Bertz CT molecular complexity index is 846. The van der Waals surface area contributed by atoms with Gasteiger partial charge in [-0.25, -0.2) is 4.79 Å². The van der Waals surface area contributed by atoms with Crippen molar-refractivity contribution in [3.63, 3.8) is 0 Å². The van der Waals surface area contributed by atoms with E-state index in [0.29, 0.717) is 6.42 Å².